The summed E-state index contributed by atoms with van der Waals surface area (Å²) in [4.78, 5) is 25.0. The van der Waals surface area contributed by atoms with E-state index in [2.05, 4.69) is 20.8 Å². The molecule has 4 aromatic rings. The van der Waals surface area contributed by atoms with Gasteiger partial charge in [0.1, 0.15) is 17.2 Å². The highest BCUT2D eigenvalue weighted by molar-refractivity contribution is 7.99. The second kappa shape index (κ2) is 12.0. The fourth-order valence-electron chi connectivity index (χ4n) is 3.38. The molecule has 0 bridgehead atoms. The van der Waals surface area contributed by atoms with Crippen LogP contribution >= 0.6 is 11.8 Å². The van der Waals surface area contributed by atoms with E-state index in [0.29, 0.717) is 39.6 Å². The minimum absolute atomic E-state index is 0.0559. The molecule has 0 radical (unpaired) electrons. The number of anilines is 1. The van der Waals surface area contributed by atoms with Crippen LogP contribution in [0.3, 0.4) is 0 Å². The van der Waals surface area contributed by atoms with Crippen molar-refractivity contribution in [3.05, 3.63) is 72.4 Å². The lowest BCUT2D eigenvalue weighted by Gasteiger charge is -2.15. The number of amides is 2. The van der Waals surface area contributed by atoms with E-state index in [9.17, 15) is 9.59 Å². The number of methoxy groups -OCH3 is 3. The van der Waals surface area contributed by atoms with Crippen LogP contribution in [0.5, 0.6) is 17.2 Å². The van der Waals surface area contributed by atoms with Crippen molar-refractivity contribution < 1.29 is 28.2 Å². The number of nitrogens with zero attached hydrogens (tertiary/aromatic N) is 3. The summed E-state index contributed by atoms with van der Waals surface area (Å²) in [6.07, 6.45) is 1.42. The Hall–Kier alpha value is -4.45. The van der Waals surface area contributed by atoms with Crippen LogP contribution in [0.1, 0.15) is 16.4 Å². The maximum absolute atomic E-state index is 12.6. The lowest BCUT2D eigenvalue weighted by molar-refractivity contribution is -0.113. The first-order valence-electron chi connectivity index (χ1n) is 11.1. The number of furan rings is 1. The minimum Gasteiger partial charge on any atom is -0.497 e. The first kappa shape index (κ1) is 25.6. The number of thioether (sulfide) groups is 1. The predicted octanol–water partition coefficient (Wildman–Crippen LogP) is 3.55. The lowest BCUT2D eigenvalue weighted by atomic mass is 10.2. The Morgan fingerprint density at radius 1 is 0.973 bits per heavy atom. The van der Waals surface area contributed by atoms with Crippen LogP contribution < -0.4 is 24.8 Å². The molecule has 2 N–H and O–H groups in total. The first-order chi connectivity index (χ1) is 18.0. The highest BCUT2D eigenvalue weighted by atomic mass is 32.2. The van der Waals surface area contributed by atoms with Crippen LogP contribution in [0.2, 0.25) is 0 Å². The van der Waals surface area contributed by atoms with E-state index in [1.165, 1.54) is 25.1 Å². The van der Waals surface area contributed by atoms with Crippen LogP contribution in [0.4, 0.5) is 5.69 Å². The maximum atomic E-state index is 12.6. The maximum Gasteiger partial charge on any atom is 0.287 e. The topological polar surface area (TPSA) is 130 Å². The molecule has 0 atom stereocenters. The third-order valence-corrected chi connectivity index (χ3v) is 6.12. The van der Waals surface area contributed by atoms with Crippen molar-refractivity contribution in [2.75, 3.05) is 32.4 Å². The van der Waals surface area contributed by atoms with Gasteiger partial charge in [-0.1, -0.05) is 11.8 Å². The van der Waals surface area contributed by atoms with E-state index in [4.69, 9.17) is 18.6 Å². The molecule has 0 saturated carbocycles. The summed E-state index contributed by atoms with van der Waals surface area (Å²) in [6.45, 7) is 0.0559. The molecule has 0 aliphatic heterocycles. The van der Waals surface area contributed by atoms with Crippen LogP contribution in [-0.4, -0.2) is 53.7 Å². The number of ether oxygens (including phenoxy) is 3. The molecule has 2 amide bonds. The summed E-state index contributed by atoms with van der Waals surface area (Å²) < 4.78 is 22.9. The van der Waals surface area contributed by atoms with Crippen LogP contribution in [0, 0.1) is 0 Å². The van der Waals surface area contributed by atoms with Crippen molar-refractivity contribution in [3.8, 4) is 22.9 Å². The van der Waals surface area contributed by atoms with E-state index >= 15 is 0 Å². The van der Waals surface area contributed by atoms with E-state index < -0.39 is 5.91 Å². The Kier molecular flexibility index (Phi) is 8.31. The largest absolute Gasteiger partial charge is 0.497 e. The Labute approximate surface area is 217 Å². The fraction of sp³-hybridized carbons (Fsp3) is 0.200. The molecule has 2 aromatic heterocycles. The second-order valence-electron chi connectivity index (χ2n) is 7.50. The SMILES string of the molecule is COc1ccc(NC(=O)CSc2nnc(CNC(=O)c3ccco3)n2-c2ccc(OC)cc2OC)cc1. The summed E-state index contributed by atoms with van der Waals surface area (Å²) in [6, 6.07) is 15.5. The van der Waals surface area contributed by atoms with Crippen LogP contribution in [0.25, 0.3) is 5.69 Å². The molecule has 0 unspecified atom stereocenters. The molecular weight excluding hydrogens is 498 g/mol. The molecule has 37 heavy (non-hydrogen) atoms. The zero-order valence-electron chi connectivity index (χ0n) is 20.4. The van der Waals surface area contributed by atoms with Crippen molar-refractivity contribution >= 4 is 29.3 Å². The Bertz CT molecular complexity index is 1350. The molecule has 2 aromatic carbocycles. The molecule has 0 aliphatic rings. The summed E-state index contributed by atoms with van der Waals surface area (Å²) in [7, 11) is 4.68. The normalized spacial score (nSPS) is 10.6. The average molecular weight is 524 g/mol. The lowest BCUT2D eigenvalue weighted by Crippen LogP contribution is -2.24. The van der Waals surface area contributed by atoms with Gasteiger partial charge in [-0.25, -0.2) is 0 Å². The summed E-state index contributed by atoms with van der Waals surface area (Å²) in [5, 5.41) is 14.6. The number of nitrogens with one attached hydrogen (secondary N) is 2. The van der Waals surface area contributed by atoms with Crippen molar-refractivity contribution in [1.29, 1.82) is 0 Å². The third kappa shape index (κ3) is 6.22. The number of aromatic nitrogens is 3. The monoisotopic (exact) mass is 523 g/mol. The van der Waals surface area contributed by atoms with Gasteiger partial charge in [-0.2, -0.15) is 0 Å². The van der Waals surface area contributed by atoms with Crippen molar-refractivity contribution in [1.82, 2.24) is 20.1 Å². The summed E-state index contributed by atoms with van der Waals surface area (Å²) in [5.41, 5.74) is 1.26. The van der Waals surface area contributed by atoms with Gasteiger partial charge in [0.2, 0.25) is 5.91 Å². The number of hydrogen-bond acceptors (Lipinski definition) is 9. The number of carbonyl (C=O) groups excluding carboxylic acids is 2. The van der Waals surface area contributed by atoms with Gasteiger partial charge < -0.3 is 29.3 Å². The molecule has 192 valence electrons. The van der Waals surface area contributed by atoms with Gasteiger partial charge in [-0.05, 0) is 48.5 Å². The molecule has 11 nitrogen and oxygen atoms in total. The number of hydrogen-bond donors (Lipinski definition) is 2. The summed E-state index contributed by atoms with van der Waals surface area (Å²) in [5.74, 6) is 1.87. The summed E-state index contributed by atoms with van der Waals surface area (Å²) >= 11 is 1.19. The molecule has 0 aliphatic carbocycles. The van der Waals surface area contributed by atoms with E-state index in [1.807, 2.05) is 0 Å². The van der Waals surface area contributed by atoms with Crippen LogP contribution in [0.15, 0.2) is 70.4 Å². The van der Waals surface area contributed by atoms with Crippen molar-refractivity contribution in [2.45, 2.75) is 11.7 Å². The zero-order chi connectivity index (χ0) is 26.2. The van der Waals surface area contributed by atoms with Gasteiger partial charge in [-0.3, -0.25) is 14.2 Å². The molecule has 2 heterocycles. The molecule has 0 spiro atoms. The second-order valence-corrected chi connectivity index (χ2v) is 8.44. The molecule has 12 heteroatoms. The highest BCUT2D eigenvalue weighted by Crippen LogP contribution is 2.32. The zero-order valence-corrected chi connectivity index (χ0v) is 21.2. The van der Waals surface area contributed by atoms with Gasteiger partial charge in [0.05, 0.1) is 45.6 Å². The van der Waals surface area contributed by atoms with Gasteiger partial charge in [0.25, 0.3) is 5.91 Å². The fourth-order valence-corrected chi connectivity index (χ4v) is 4.14. The first-order valence-corrected chi connectivity index (χ1v) is 12.1. The molecule has 0 saturated heterocycles. The molecular formula is C25H25N5O6S. The van der Waals surface area contributed by atoms with Gasteiger partial charge >= 0.3 is 0 Å². The van der Waals surface area contributed by atoms with Crippen molar-refractivity contribution in [2.24, 2.45) is 0 Å². The van der Waals surface area contributed by atoms with Gasteiger partial charge in [-0.15, -0.1) is 10.2 Å². The van der Waals surface area contributed by atoms with Crippen LogP contribution in [-0.2, 0) is 11.3 Å². The third-order valence-electron chi connectivity index (χ3n) is 5.19. The van der Waals surface area contributed by atoms with E-state index in [1.54, 1.807) is 73.4 Å². The smallest absolute Gasteiger partial charge is 0.287 e. The number of carbonyl (C=O) groups is 2. The minimum atomic E-state index is -0.394. The van der Waals surface area contributed by atoms with E-state index in [0.717, 1.165) is 0 Å². The molecule has 4 rings (SSSR count). The number of benzene rings is 2. The Morgan fingerprint density at radius 2 is 1.73 bits per heavy atom. The highest BCUT2D eigenvalue weighted by Gasteiger charge is 2.20. The quantitative estimate of drug-likeness (QED) is 0.284. The van der Waals surface area contributed by atoms with Gasteiger partial charge in [0.15, 0.2) is 16.7 Å². The molecule has 0 fully saturated rings. The average Bonchev–Trinajstić information content (AvgIpc) is 3.61. The van der Waals surface area contributed by atoms with Gasteiger partial charge in [0, 0.05) is 11.8 Å². The Morgan fingerprint density at radius 3 is 2.41 bits per heavy atom. The standard InChI is InChI=1S/C25H25N5O6S/c1-33-17-8-6-16(7-9-17)27-23(31)15-37-25-29-28-22(14-26-24(32)20-5-4-12-36-20)30(25)19-11-10-18(34-2)13-21(19)35-3/h4-13H,14-15H2,1-3H3,(H,26,32)(H,27,31). The Balaban J connectivity index is 1.55. The van der Waals surface area contributed by atoms with Crippen molar-refractivity contribution in [3.63, 3.8) is 0 Å². The van der Waals surface area contributed by atoms with E-state index in [-0.39, 0.29) is 24.0 Å². The predicted molar refractivity (Wildman–Crippen MR) is 137 cm³/mol. The number of rotatable bonds is 11.